The van der Waals surface area contributed by atoms with E-state index in [1.807, 2.05) is 24.3 Å². The molecule has 0 saturated heterocycles. The molecule has 0 amide bonds. The molecule has 100 heavy (non-hydrogen) atoms. The molecule has 0 aliphatic carbocycles. The second-order valence-electron chi connectivity index (χ2n) is 23.5. The number of aliphatic hydroxyl groups is 2. The van der Waals surface area contributed by atoms with Crippen LogP contribution in [-0.4, -0.2) is 159 Å². The van der Waals surface area contributed by atoms with Gasteiger partial charge in [-0.25, -0.2) is 0 Å². The van der Waals surface area contributed by atoms with Crippen LogP contribution in [-0.2, 0) is 65.9 Å². The third kappa shape index (κ3) is 32.3. The number of carbonyl (C=O) groups is 2. The SMILES string of the molecule is CB1O[C@@H](CN)c2ccccc21.CB1O[C@H](CN)c2ccccc21.CC[C@@H]1OB(C)c2ccccc21.CC[C@@H]1OB(C)c2ccccc21.CC[C@H]1OB(C)c2ccccc21.CC[C@H]1OB(C)c2ccccc21.COCC(C)=O.COCC(C)=O.COCN.COCN.COCO.COCO. The number of ether oxygens (including phenoxy) is 6. The minimum atomic E-state index is -0.181. The van der Waals surface area contributed by atoms with Crippen LogP contribution in [0.1, 0.15) is 137 Å². The number of ketones is 2. The van der Waals surface area contributed by atoms with Crippen molar-refractivity contribution in [3.8, 4) is 0 Å². The third-order valence-electron chi connectivity index (χ3n) is 16.1. The molecule has 6 aromatic rings. The highest BCUT2D eigenvalue weighted by Gasteiger charge is 2.34. The smallest absolute Gasteiger partial charge is 0.324 e. The number of benzene rings is 6. The predicted octanol–water partition coefficient (Wildman–Crippen LogP) is 7.78. The Balaban J connectivity index is 0.000000559. The quantitative estimate of drug-likeness (QED) is 0.0448. The second-order valence-corrected chi connectivity index (χ2v) is 23.5. The molecule has 0 bridgehead atoms. The van der Waals surface area contributed by atoms with Gasteiger partial charge in [0.05, 0.1) is 50.1 Å². The summed E-state index contributed by atoms with van der Waals surface area (Å²) in [4.78, 5) is 19.8. The van der Waals surface area contributed by atoms with Crippen LogP contribution >= 0.6 is 0 Å². The zero-order valence-corrected chi connectivity index (χ0v) is 63.2. The van der Waals surface area contributed by atoms with E-state index in [4.69, 9.17) is 61.1 Å². The van der Waals surface area contributed by atoms with Crippen molar-refractivity contribution in [2.75, 3.05) is 96.0 Å². The number of Topliss-reactive ketones (excluding diaryl/α,β-unsaturated/α-hetero) is 2. The summed E-state index contributed by atoms with van der Waals surface area (Å²) in [5.74, 6) is 0.134. The van der Waals surface area contributed by atoms with Gasteiger partial charge in [0.1, 0.15) is 26.8 Å². The molecule has 6 aliphatic rings. The number of nitrogens with two attached hydrogens (primary N) is 4. The maximum Gasteiger partial charge on any atom is 0.324 e. The molecule has 0 unspecified atom stereocenters. The van der Waals surface area contributed by atoms with Gasteiger partial charge in [-0.2, -0.15) is 0 Å². The summed E-state index contributed by atoms with van der Waals surface area (Å²) in [5.41, 5.74) is 36.9. The van der Waals surface area contributed by atoms with E-state index >= 15 is 0 Å². The van der Waals surface area contributed by atoms with Crippen molar-refractivity contribution in [1.29, 1.82) is 0 Å². The lowest BCUT2D eigenvalue weighted by atomic mass is 9.64. The van der Waals surface area contributed by atoms with E-state index in [0.29, 0.717) is 51.0 Å². The lowest BCUT2D eigenvalue weighted by Crippen LogP contribution is -2.23. The minimum Gasteiger partial charge on any atom is -0.424 e. The molecular formula is C74H118B6N4O16. The zero-order chi connectivity index (χ0) is 75.0. The first-order chi connectivity index (χ1) is 48.2. The molecule has 0 saturated carbocycles. The number of hydrogen-bond acceptors (Lipinski definition) is 20. The summed E-state index contributed by atoms with van der Waals surface area (Å²) < 4.78 is 60.2. The summed E-state index contributed by atoms with van der Waals surface area (Å²) in [5, 5.41) is 15.3. The molecule has 0 aromatic heterocycles. The number of aliphatic hydroxyl groups excluding tert-OH is 2. The summed E-state index contributed by atoms with van der Waals surface area (Å²) in [6, 6.07) is 50.5. The highest BCUT2D eigenvalue weighted by atomic mass is 16.6. The van der Waals surface area contributed by atoms with Gasteiger partial charge >= 0.3 is 41.5 Å². The van der Waals surface area contributed by atoms with Gasteiger partial charge < -0.3 is 89.5 Å². The average molecular weight is 1380 g/mol. The van der Waals surface area contributed by atoms with Crippen LogP contribution in [0.2, 0.25) is 40.9 Å². The third-order valence-corrected chi connectivity index (χ3v) is 16.1. The van der Waals surface area contributed by atoms with Gasteiger partial charge in [-0.1, -0.05) is 214 Å². The predicted molar refractivity (Wildman–Crippen MR) is 414 cm³/mol. The van der Waals surface area contributed by atoms with Crippen molar-refractivity contribution < 1.29 is 76.1 Å². The van der Waals surface area contributed by atoms with Gasteiger partial charge in [0.2, 0.25) is 0 Å². The van der Waals surface area contributed by atoms with Gasteiger partial charge in [-0.15, -0.1) is 0 Å². The first-order valence-electron chi connectivity index (χ1n) is 34.6. The summed E-state index contributed by atoms with van der Waals surface area (Å²) in [7, 11) is 8.98. The fourth-order valence-electron chi connectivity index (χ4n) is 11.4. The molecule has 6 heterocycles. The lowest BCUT2D eigenvalue weighted by Gasteiger charge is -2.08. The van der Waals surface area contributed by atoms with Crippen molar-refractivity contribution in [1.82, 2.24) is 0 Å². The maximum absolute atomic E-state index is 9.92. The fourth-order valence-corrected chi connectivity index (χ4v) is 11.4. The van der Waals surface area contributed by atoms with Crippen molar-refractivity contribution in [2.45, 2.75) is 145 Å². The van der Waals surface area contributed by atoms with Crippen LogP contribution in [0, 0.1) is 0 Å². The van der Waals surface area contributed by atoms with E-state index in [-0.39, 0.29) is 92.1 Å². The van der Waals surface area contributed by atoms with Crippen LogP contribution in [0.5, 0.6) is 0 Å². The van der Waals surface area contributed by atoms with Gasteiger partial charge in [0.15, 0.2) is 11.6 Å². The molecule has 0 fully saturated rings. The Labute approximate surface area is 601 Å². The number of carbonyl (C=O) groups excluding carboxylic acids is 2. The average Bonchev–Trinajstić information content (AvgIpc) is 1.73. The van der Waals surface area contributed by atoms with Crippen molar-refractivity contribution in [2.24, 2.45) is 22.9 Å². The Kier molecular flexibility index (Phi) is 50.7. The highest BCUT2D eigenvalue weighted by Crippen LogP contribution is 2.30. The lowest BCUT2D eigenvalue weighted by molar-refractivity contribution is -0.121. The number of hydrogen-bond donors (Lipinski definition) is 6. The van der Waals surface area contributed by atoms with Gasteiger partial charge in [-0.3, -0.25) is 9.59 Å². The summed E-state index contributed by atoms with van der Waals surface area (Å²) in [6.07, 6.45) is 5.82. The molecular weight excluding hydrogens is 1270 g/mol. The Morgan fingerprint density at radius 3 is 0.610 bits per heavy atom. The first kappa shape index (κ1) is 92.3. The van der Waals surface area contributed by atoms with E-state index < -0.39 is 0 Å². The molecule has 548 valence electrons. The zero-order valence-electron chi connectivity index (χ0n) is 63.2. The molecule has 6 aliphatic heterocycles. The Hall–Kier alpha value is -5.67. The van der Waals surface area contributed by atoms with E-state index in [1.54, 1.807) is 14.2 Å². The van der Waals surface area contributed by atoms with E-state index in [1.165, 1.54) is 108 Å². The van der Waals surface area contributed by atoms with Gasteiger partial charge in [0.25, 0.3) is 0 Å². The van der Waals surface area contributed by atoms with Crippen molar-refractivity contribution in [3.05, 3.63) is 179 Å². The molecule has 6 aromatic carbocycles. The van der Waals surface area contributed by atoms with Crippen LogP contribution in [0.25, 0.3) is 0 Å². The van der Waals surface area contributed by atoms with Crippen molar-refractivity contribution >= 4 is 85.8 Å². The molecule has 6 atom stereocenters. The van der Waals surface area contributed by atoms with Crippen LogP contribution in [0.3, 0.4) is 0 Å². The summed E-state index contributed by atoms with van der Waals surface area (Å²) in [6.45, 7) is 27.7. The normalized spacial score (nSPS) is 17.4. The number of rotatable bonds is 14. The highest BCUT2D eigenvalue weighted by molar-refractivity contribution is 6.69. The molecule has 12 rings (SSSR count). The minimum absolute atomic E-state index is 0.0671. The first-order valence-corrected chi connectivity index (χ1v) is 34.6. The maximum atomic E-state index is 9.92. The van der Waals surface area contributed by atoms with E-state index in [0.717, 1.165) is 25.7 Å². The molecule has 10 N–H and O–H groups in total. The van der Waals surface area contributed by atoms with Crippen LogP contribution < -0.4 is 55.7 Å². The van der Waals surface area contributed by atoms with Gasteiger partial charge in [-0.05, 0) is 106 Å². The Bertz CT molecular complexity index is 2610. The molecule has 26 heteroatoms. The van der Waals surface area contributed by atoms with Crippen LogP contribution in [0.4, 0.5) is 0 Å². The molecule has 0 radical (unpaired) electrons. The van der Waals surface area contributed by atoms with Crippen LogP contribution in [0.15, 0.2) is 146 Å². The largest absolute Gasteiger partial charge is 0.424 e. The fraction of sp³-hybridized carbons (Fsp3) is 0.486. The van der Waals surface area contributed by atoms with Crippen molar-refractivity contribution in [3.63, 3.8) is 0 Å². The molecule has 20 nitrogen and oxygen atoms in total. The summed E-state index contributed by atoms with van der Waals surface area (Å²) >= 11 is 0. The van der Waals surface area contributed by atoms with E-state index in [2.05, 4.69) is 218 Å². The molecule has 0 spiro atoms. The number of methoxy groups -OCH3 is 6. The topological polar surface area (TPSA) is 289 Å². The standard InChI is InChI=1S/4C10H13BO.2C9H12BNO.2C4H8O2.2C2H7NO.2C2H6O2/c4*1-3-10-8-6-4-5-7-9(8)11(2)12-10;2*1-10-8-5-3-2-4-7(8)9(6-11)12-10;2*1-4(5)3-6-2;4*1-4-2-3/h4*4-7,10H,3H2,1-2H3;2*2-5,9H,6,11H2,1H3;2*3H2,1-2H3;2*2-3H2,1H3;2*3H,2H2,1H3/t4*10-;2*9-;;;;;;/m110010....../s1. The van der Waals surface area contributed by atoms with E-state index in [9.17, 15) is 9.59 Å². The Morgan fingerprint density at radius 1 is 0.330 bits per heavy atom. The monoisotopic (exact) mass is 1380 g/mol. The second kappa shape index (κ2) is 54.9. The van der Waals surface area contributed by atoms with Gasteiger partial charge in [0, 0.05) is 55.7 Å². The Morgan fingerprint density at radius 2 is 0.490 bits per heavy atom. The number of fused-ring (bicyclic) bond motifs is 6.